The van der Waals surface area contributed by atoms with E-state index in [9.17, 15) is 9.90 Å². The second-order valence-corrected chi connectivity index (χ2v) is 6.28. The van der Waals surface area contributed by atoms with Crippen LogP contribution in [0.2, 0.25) is 0 Å². The van der Waals surface area contributed by atoms with E-state index in [1.54, 1.807) is 24.6 Å². The van der Waals surface area contributed by atoms with Gasteiger partial charge in [-0.3, -0.25) is 4.79 Å². The fourth-order valence-corrected chi connectivity index (χ4v) is 3.38. The second-order valence-electron chi connectivity index (χ2n) is 6.28. The Morgan fingerprint density at radius 2 is 2.30 bits per heavy atom. The lowest BCUT2D eigenvalue weighted by atomic mass is 10.0. The van der Waals surface area contributed by atoms with Gasteiger partial charge in [-0.2, -0.15) is 0 Å². The van der Waals surface area contributed by atoms with Crippen LogP contribution in [0, 0.1) is 6.92 Å². The molecule has 5 heteroatoms. The lowest BCUT2D eigenvalue weighted by molar-refractivity contribution is 0.0557. The van der Waals surface area contributed by atoms with Crippen LogP contribution in [0.15, 0.2) is 35.1 Å². The number of carbonyl (C=O) groups is 1. The monoisotopic (exact) mass is 316 g/mol. The molecule has 2 N–H and O–H groups in total. The summed E-state index contributed by atoms with van der Waals surface area (Å²) in [4.78, 5) is 17.9. The smallest absolute Gasteiger partial charge is 0.255 e. The van der Waals surface area contributed by atoms with Crippen molar-refractivity contribution in [2.75, 3.05) is 6.54 Å². The van der Waals surface area contributed by atoms with E-state index in [1.807, 2.05) is 17.9 Å². The number of likely N-dealkylation sites (tertiary alicyclic amines) is 1. The van der Waals surface area contributed by atoms with Crippen molar-refractivity contribution < 1.29 is 14.3 Å². The maximum Gasteiger partial charge on any atom is 0.255 e. The molecule has 3 heterocycles. The van der Waals surface area contributed by atoms with E-state index < -0.39 is 6.10 Å². The molecule has 23 heavy (non-hydrogen) atoms. The highest BCUT2D eigenvalue weighted by Crippen LogP contribution is 2.28. The van der Waals surface area contributed by atoms with Crippen molar-refractivity contribution in [1.82, 2.24) is 9.88 Å². The number of aryl methyl sites for hydroxylation is 1. The van der Waals surface area contributed by atoms with E-state index in [-0.39, 0.29) is 11.9 Å². The third-order valence-corrected chi connectivity index (χ3v) is 4.69. The highest BCUT2D eigenvalue weighted by Gasteiger charge is 2.29. The summed E-state index contributed by atoms with van der Waals surface area (Å²) < 4.78 is 5.30. The standard InChI is InChI=1S/C18H24N2O3/c1-13-15(8-9-19-13)18(22)20-10-4-2-3-6-14(20)12-16(21)17-7-5-11-23-17/h5,7-9,11,14,16,19,21H,2-4,6,10,12H2,1H3/t14-,16-/m0/s1. The van der Waals surface area contributed by atoms with E-state index in [4.69, 9.17) is 4.42 Å². The molecule has 1 aliphatic rings. The Hall–Kier alpha value is -2.01. The zero-order chi connectivity index (χ0) is 16.2. The normalized spacial score (nSPS) is 20.3. The van der Waals surface area contributed by atoms with Crippen LogP contribution in [-0.2, 0) is 0 Å². The van der Waals surface area contributed by atoms with Crippen LogP contribution in [0.1, 0.15) is 60.0 Å². The quantitative estimate of drug-likeness (QED) is 0.908. The third-order valence-electron chi connectivity index (χ3n) is 4.69. The number of aliphatic hydroxyl groups is 1. The van der Waals surface area contributed by atoms with Gasteiger partial charge in [-0.25, -0.2) is 0 Å². The van der Waals surface area contributed by atoms with Gasteiger partial charge in [0.25, 0.3) is 5.91 Å². The lowest BCUT2D eigenvalue weighted by Gasteiger charge is -2.31. The molecule has 1 fully saturated rings. The molecule has 0 radical (unpaired) electrons. The summed E-state index contributed by atoms with van der Waals surface area (Å²) in [5.74, 6) is 0.627. The SMILES string of the molecule is Cc1[nH]ccc1C(=O)N1CCCCC[C@H]1C[C@H](O)c1ccco1. The van der Waals surface area contributed by atoms with Crippen LogP contribution in [0.3, 0.4) is 0 Å². The number of nitrogens with zero attached hydrogens (tertiary/aromatic N) is 1. The first-order chi connectivity index (χ1) is 11.2. The largest absolute Gasteiger partial charge is 0.467 e. The van der Waals surface area contributed by atoms with E-state index in [1.165, 1.54) is 0 Å². The zero-order valence-electron chi connectivity index (χ0n) is 13.5. The van der Waals surface area contributed by atoms with E-state index in [0.717, 1.165) is 43.5 Å². The Kier molecular flexibility index (Phi) is 4.86. The molecule has 0 saturated carbocycles. The molecule has 2 atom stereocenters. The number of amides is 1. The van der Waals surface area contributed by atoms with Gasteiger partial charge in [0.1, 0.15) is 11.9 Å². The number of furan rings is 1. The Balaban J connectivity index is 1.77. The first-order valence-electron chi connectivity index (χ1n) is 8.33. The summed E-state index contributed by atoms with van der Waals surface area (Å²) >= 11 is 0. The number of nitrogens with one attached hydrogen (secondary N) is 1. The molecule has 0 spiro atoms. The topological polar surface area (TPSA) is 69.5 Å². The van der Waals surface area contributed by atoms with Gasteiger partial charge >= 0.3 is 0 Å². The lowest BCUT2D eigenvalue weighted by Crippen LogP contribution is -2.41. The Morgan fingerprint density at radius 1 is 1.43 bits per heavy atom. The first kappa shape index (κ1) is 15.9. The van der Waals surface area contributed by atoms with Gasteiger partial charge in [-0.1, -0.05) is 12.8 Å². The van der Waals surface area contributed by atoms with E-state index in [2.05, 4.69) is 4.98 Å². The minimum Gasteiger partial charge on any atom is -0.467 e. The molecule has 1 aliphatic heterocycles. The van der Waals surface area contributed by atoms with Gasteiger partial charge < -0.3 is 19.4 Å². The number of aromatic amines is 1. The van der Waals surface area contributed by atoms with Crippen LogP contribution < -0.4 is 0 Å². The molecular formula is C18H24N2O3. The van der Waals surface area contributed by atoms with E-state index >= 15 is 0 Å². The summed E-state index contributed by atoms with van der Waals surface area (Å²) in [5, 5.41) is 10.4. The van der Waals surface area contributed by atoms with Gasteiger partial charge in [0.15, 0.2) is 0 Å². The van der Waals surface area contributed by atoms with Crippen LogP contribution in [0.5, 0.6) is 0 Å². The molecule has 0 unspecified atom stereocenters. The minimum absolute atomic E-state index is 0.0411. The highest BCUT2D eigenvalue weighted by atomic mass is 16.4. The van der Waals surface area contributed by atoms with Gasteiger partial charge in [0.05, 0.1) is 11.8 Å². The molecule has 0 bridgehead atoms. The average molecular weight is 316 g/mol. The van der Waals surface area contributed by atoms with Crippen LogP contribution in [-0.4, -0.2) is 33.5 Å². The average Bonchev–Trinajstić information content (AvgIpc) is 3.16. The molecule has 0 aromatic carbocycles. The number of carbonyl (C=O) groups excluding carboxylic acids is 1. The summed E-state index contributed by atoms with van der Waals surface area (Å²) in [7, 11) is 0. The van der Waals surface area contributed by atoms with Crippen molar-refractivity contribution in [3.8, 4) is 0 Å². The fourth-order valence-electron chi connectivity index (χ4n) is 3.38. The van der Waals surface area contributed by atoms with Gasteiger partial charge in [0, 0.05) is 30.9 Å². The molecule has 0 aliphatic carbocycles. The Labute approximate surface area is 136 Å². The molecule has 2 aromatic rings. The van der Waals surface area contributed by atoms with Gasteiger partial charge in [-0.05, 0) is 38.0 Å². The number of aromatic nitrogens is 1. The van der Waals surface area contributed by atoms with Crippen molar-refractivity contribution in [3.05, 3.63) is 47.7 Å². The van der Waals surface area contributed by atoms with Gasteiger partial charge in [0.2, 0.25) is 0 Å². The van der Waals surface area contributed by atoms with Crippen molar-refractivity contribution in [1.29, 1.82) is 0 Å². The van der Waals surface area contributed by atoms with Crippen molar-refractivity contribution in [3.63, 3.8) is 0 Å². The van der Waals surface area contributed by atoms with Crippen molar-refractivity contribution in [2.24, 2.45) is 0 Å². The van der Waals surface area contributed by atoms with Crippen LogP contribution in [0.4, 0.5) is 0 Å². The second kappa shape index (κ2) is 7.04. The summed E-state index contributed by atoms with van der Waals surface area (Å²) in [6.45, 7) is 2.66. The minimum atomic E-state index is -0.671. The maximum atomic E-state index is 12.9. The predicted molar refractivity (Wildman–Crippen MR) is 87.1 cm³/mol. The molecule has 2 aromatic heterocycles. The molecular weight excluding hydrogens is 292 g/mol. The Morgan fingerprint density at radius 3 is 3.00 bits per heavy atom. The molecule has 1 saturated heterocycles. The number of hydrogen-bond donors (Lipinski definition) is 2. The number of H-pyrrole nitrogens is 1. The third kappa shape index (κ3) is 3.50. The first-order valence-corrected chi connectivity index (χ1v) is 8.33. The molecule has 1 amide bonds. The fraction of sp³-hybridized carbons (Fsp3) is 0.500. The zero-order valence-corrected chi connectivity index (χ0v) is 13.5. The molecule has 124 valence electrons. The van der Waals surface area contributed by atoms with Crippen molar-refractivity contribution >= 4 is 5.91 Å². The number of hydrogen-bond acceptors (Lipinski definition) is 3. The summed E-state index contributed by atoms with van der Waals surface area (Å²) in [5.41, 5.74) is 1.62. The number of aliphatic hydroxyl groups excluding tert-OH is 1. The molecule has 3 rings (SSSR count). The van der Waals surface area contributed by atoms with Crippen LogP contribution >= 0.6 is 0 Å². The summed E-state index contributed by atoms with van der Waals surface area (Å²) in [6.07, 6.45) is 7.37. The van der Waals surface area contributed by atoms with Crippen molar-refractivity contribution in [2.45, 2.75) is 51.2 Å². The van der Waals surface area contributed by atoms with E-state index in [0.29, 0.717) is 12.2 Å². The maximum absolute atomic E-state index is 12.9. The number of rotatable bonds is 4. The van der Waals surface area contributed by atoms with Crippen LogP contribution in [0.25, 0.3) is 0 Å². The Bertz CT molecular complexity index is 632. The van der Waals surface area contributed by atoms with Gasteiger partial charge in [-0.15, -0.1) is 0 Å². The summed E-state index contributed by atoms with van der Waals surface area (Å²) in [6, 6.07) is 5.43. The highest BCUT2D eigenvalue weighted by molar-refractivity contribution is 5.95. The molecule has 5 nitrogen and oxygen atoms in total. The predicted octanol–water partition coefficient (Wildman–Crippen LogP) is 3.42.